The lowest BCUT2D eigenvalue weighted by Gasteiger charge is -2.13. The average molecular weight is 375 g/mol. The van der Waals surface area contributed by atoms with Gasteiger partial charge in [-0.2, -0.15) is 0 Å². The van der Waals surface area contributed by atoms with Crippen molar-refractivity contribution in [3.63, 3.8) is 0 Å². The van der Waals surface area contributed by atoms with Crippen LogP contribution in [0.15, 0.2) is 70.5 Å². The van der Waals surface area contributed by atoms with Gasteiger partial charge in [0.05, 0.1) is 0 Å². The molecule has 0 unspecified atom stereocenters. The van der Waals surface area contributed by atoms with Crippen LogP contribution in [0.3, 0.4) is 0 Å². The molecule has 0 aliphatic heterocycles. The van der Waals surface area contributed by atoms with Crippen LogP contribution >= 0.6 is 11.8 Å². The third-order valence-corrected chi connectivity index (χ3v) is 4.02. The quantitative estimate of drug-likeness (QED) is 0.666. The lowest BCUT2D eigenvalue weighted by molar-refractivity contribution is -0.134. The second-order valence-electron chi connectivity index (χ2n) is 5.45. The molecule has 7 heteroatoms. The minimum absolute atomic E-state index is 0.306. The van der Waals surface area contributed by atoms with Gasteiger partial charge in [0.2, 0.25) is 0 Å². The van der Waals surface area contributed by atoms with E-state index in [2.05, 4.69) is 43.3 Å². The zero-order valence-electron chi connectivity index (χ0n) is 14.5. The minimum Gasteiger partial charge on any atom is -0.508 e. The third-order valence-electron chi connectivity index (χ3n) is 2.89. The zero-order chi connectivity index (χ0) is 19.5. The summed E-state index contributed by atoms with van der Waals surface area (Å²) in [4.78, 5) is 23.7. The van der Waals surface area contributed by atoms with Crippen LogP contribution in [-0.4, -0.2) is 46.3 Å². The molecule has 0 amide bonds. The van der Waals surface area contributed by atoms with Crippen molar-refractivity contribution in [1.29, 1.82) is 0 Å². The van der Waals surface area contributed by atoms with Crippen molar-refractivity contribution in [2.24, 2.45) is 0 Å². The van der Waals surface area contributed by atoms with Gasteiger partial charge in [0.1, 0.15) is 5.75 Å². The predicted molar refractivity (Wildman–Crippen MR) is 100 cm³/mol. The third kappa shape index (κ3) is 8.91. The number of hydrogen-bond acceptors (Lipinski definition) is 5. The highest BCUT2D eigenvalue weighted by Gasteiger charge is 2.05. The van der Waals surface area contributed by atoms with Crippen molar-refractivity contribution in [1.82, 2.24) is 4.90 Å². The van der Waals surface area contributed by atoms with Gasteiger partial charge in [0, 0.05) is 28.5 Å². The molecule has 0 fully saturated rings. The average Bonchev–Trinajstić information content (AvgIpc) is 2.57. The van der Waals surface area contributed by atoms with E-state index >= 15 is 0 Å². The number of phenols is 1. The van der Waals surface area contributed by atoms with Crippen molar-refractivity contribution < 1.29 is 24.9 Å². The largest absolute Gasteiger partial charge is 0.508 e. The Bertz CT molecular complexity index is 741. The van der Waals surface area contributed by atoms with Crippen molar-refractivity contribution >= 4 is 23.7 Å². The molecule has 0 spiro atoms. The molecule has 2 aromatic carbocycles. The first-order valence-electron chi connectivity index (χ1n) is 7.61. The number of rotatable bonds is 6. The number of hydrogen-bond donors (Lipinski definition) is 3. The Hall–Kier alpha value is -2.77. The molecule has 0 radical (unpaired) electrons. The molecule has 2 aromatic rings. The Morgan fingerprint density at radius 1 is 0.962 bits per heavy atom. The van der Waals surface area contributed by atoms with E-state index in [0.717, 1.165) is 11.4 Å². The SMILES string of the molecule is CN(C)Cc1ccccc1Sc1ccc(O)cc1.O=C(O)C=CC(=O)O. The molecule has 0 saturated carbocycles. The van der Waals surface area contributed by atoms with Gasteiger partial charge in [0.15, 0.2) is 0 Å². The molecule has 0 atom stereocenters. The summed E-state index contributed by atoms with van der Waals surface area (Å²) in [5.74, 6) is -2.21. The fraction of sp³-hybridized carbons (Fsp3) is 0.158. The monoisotopic (exact) mass is 375 g/mol. The Balaban J connectivity index is 0.000000359. The minimum atomic E-state index is -1.26. The summed E-state index contributed by atoms with van der Waals surface area (Å²) in [6.45, 7) is 0.932. The second-order valence-corrected chi connectivity index (χ2v) is 6.57. The highest BCUT2D eigenvalue weighted by Crippen LogP contribution is 2.31. The molecule has 0 bridgehead atoms. The Kier molecular flexibility index (Phi) is 8.97. The van der Waals surface area contributed by atoms with Crippen LogP contribution in [0.4, 0.5) is 0 Å². The fourth-order valence-electron chi connectivity index (χ4n) is 1.86. The smallest absolute Gasteiger partial charge is 0.328 e. The van der Waals surface area contributed by atoms with Crippen LogP contribution in [0.2, 0.25) is 0 Å². The fourth-order valence-corrected chi connectivity index (χ4v) is 2.79. The molecule has 0 aromatic heterocycles. The van der Waals surface area contributed by atoms with E-state index < -0.39 is 11.9 Å². The summed E-state index contributed by atoms with van der Waals surface area (Å²) in [5.41, 5.74) is 1.32. The van der Waals surface area contributed by atoms with E-state index in [9.17, 15) is 14.7 Å². The summed E-state index contributed by atoms with van der Waals surface area (Å²) in [6.07, 6.45) is 1.12. The first-order chi connectivity index (χ1) is 12.3. The van der Waals surface area contributed by atoms with Gasteiger partial charge in [-0.05, 0) is 50.0 Å². The normalized spacial score (nSPS) is 10.4. The summed E-state index contributed by atoms with van der Waals surface area (Å²) < 4.78 is 0. The molecule has 0 heterocycles. The van der Waals surface area contributed by atoms with Gasteiger partial charge in [-0.3, -0.25) is 0 Å². The Labute approximate surface area is 156 Å². The van der Waals surface area contributed by atoms with E-state index in [4.69, 9.17) is 10.2 Å². The maximum absolute atomic E-state index is 9.55. The van der Waals surface area contributed by atoms with E-state index in [0.29, 0.717) is 17.9 Å². The van der Waals surface area contributed by atoms with Crippen molar-refractivity contribution in [2.45, 2.75) is 16.3 Å². The number of benzene rings is 2. The molecular weight excluding hydrogens is 354 g/mol. The molecule has 6 nitrogen and oxygen atoms in total. The van der Waals surface area contributed by atoms with Crippen molar-refractivity contribution in [3.05, 3.63) is 66.2 Å². The molecule has 3 N–H and O–H groups in total. The maximum Gasteiger partial charge on any atom is 0.328 e. The predicted octanol–water partition coefficient (Wildman–Crippen LogP) is 3.32. The highest BCUT2D eigenvalue weighted by molar-refractivity contribution is 7.99. The summed E-state index contributed by atoms with van der Waals surface area (Å²) in [6, 6.07) is 15.7. The van der Waals surface area contributed by atoms with Gasteiger partial charge in [-0.1, -0.05) is 30.0 Å². The zero-order valence-corrected chi connectivity index (χ0v) is 15.3. The van der Waals surface area contributed by atoms with Gasteiger partial charge in [0.25, 0.3) is 0 Å². The van der Waals surface area contributed by atoms with Gasteiger partial charge in [-0.15, -0.1) is 0 Å². The molecular formula is C19H21NO5S. The van der Waals surface area contributed by atoms with Crippen LogP contribution in [0.1, 0.15) is 5.56 Å². The first kappa shape index (κ1) is 21.3. The first-order valence-corrected chi connectivity index (χ1v) is 8.43. The van der Waals surface area contributed by atoms with Crippen LogP contribution in [-0.2, 0) is 16.1 Å². The van der Waals surface area contributed by atoms with E-state index in [1.54, 1.807) is 23.9 Å². The highest BCUT2D eigenvalue weighted by atomic mass is 32.2. The molecule has 26 heavy (non-hydrogen) atoms. The summed E-state index contributed by atoms with van der Waals surface area (Å²) in [5, 5.41) is 24.9. The van der Waals surface area contributed by atoms with Gasteiger partial charge >= 0.3 is 11.9 Å². The van der Waals surface area contributed by atoms with Crippen LogP contribution in [0.25, 0.3) is 0 Å². The standard InChI is InChI=1S/C15H17NOS.C4H4O4/c1-16(2)11-12-5-3-4-6-15(12)18-14-9-7-13(17)8-10-14;5-3(6)1-2-4(7)8/h3-10,17H,11H2,1-2H3;1-2H,(H,5,6)(H,7,8). The lowest BCUT2D eigenvalue weighted by Crippen LogP contribution is -2.11. The number of phenolic OH excluding ortho intramolecular Hbond substituents is 1. The second kappa shape index (κ2) is 11.0. The van der Waals surface area contributed by atoms with Crippen LogP contribution in [0, 0.1) is 0 Å². The topological polar surface area (TPSA) is 98.1 Å². The summed E-state index contributed by atoms with van der Waals surface area (Å²) >= 11 is 1.73. The van der Waals surface area contributed by atoms with Gasteiger partial charge < -0.3 is 20.2 Å². The van der Waals surface area contributed by atoms with Crippen molar-refractivity contribution in [2.75, 3.05) is 14.1 Å². The van der Waals surface area contributed by atoms with Crippen molar-refractivity contribution in [3.8, 4) is 5.75 Å². The van der Waals surface area contributed by atoms with E-state index in [-0.39, 0.29) is 0 Å². The Morgan fingerprint density at radius 3 is 2.00 bits per heavy atom. The number of carboxylic acids is 2. The van der Waals surface area contributed by atoms with Gasteiger partial charge in [-0.25, -0.2) is 9.59 Å². The lowest BCUT2D eigenvalue weighted by atomic mass is 10.2. The molecule has 0 aliphatic rings. The van der Waals surface area contributed by atoms with E-state index in [1.165, 1.54) is 10.5 Å². The number of carboxylic acid groups (broad SMARTS) is 2. The maximum atomic E-state index is 9.55. The number of aromatic hydroxyl groups is 1. The van der Waals surface area contributed by atoms with Crippen LogP contribution in [0.5, 0.6) is 5.75 Å². The molecule has 0 aliphatic carbocycles. The number of aliphatic carboxylic acids is 2. The summed E-state index contributed by atoms with van der Waals surface area (Å²) in [7, 11) is 4.14. The molecule has 138 valence electrons. The van der Waals surface area contributed by atoms with E-state index in [1.807, 2.05) is 12.1 Å². The molecule has 2 rings (SSSR count). The van der Waals surface area contributed by atoms with Crippen LogP contribution < -0.4 is 0 Å². The number of carbonyl (C=O) groups is 2. The number of nitrogens with zero attached hydrogens (tertiary/aromatic N) is 1. The molecule has 0 saturated heterocycles. The Morgan fingerprint density at radius 2 is 1.50 bits per heavy atom.